The van der Waals surface area contributed by atoms with Crippen LogP contribution in [0.5, 0.6) is 0 Å². The molecule has 24 heavy (non-hydrogen) atoms. The van der Waals surface area contributed by atoms with Gasteiger partial charge in [-0.25, -0.2) is 9.78 Å². The maximum absolute atomic E-state index is 12.1. The summed E-state index contributed by atoms with van der Waals surface area (Å²) in [5.41, 5.74) is 1.86. The number of nitrogens with one attached hydrogen (secondary N) is 2. The Morgan fingerprint density at radius 2 is 2.12 bits per heavy atom. The number of amides is 2. The van der Waals surface area contributed by atoms with Crippen LogP contribution in [0.1, 0.15) is 33.3 Å². The highest BCUT2D eigenvalue weighted by Gasteiger charge is 2.14. The highest BCUT2D eigenvalue weighted by Crippen LogP contribution is 2.33. The Morgan fingerprint density at radius 1 is 1.38 bits per heavy atom. The molecule has 0 saturated carbocycles. The van der Waals surface area contributed by atoms with Gasteiger partial charge in [0.2, 0.25) is 0 Å². The molecule has 6 nitrogen and oxygen atoms in total. The molecule has 0 saturated heterocycles. The van der Waals surface area contributed by atoms with Gasteiger partial charge in [0.05, 0.1) is 6.54 Å². The Bertz CT molecular complexity index is 679. The maximum atomic E-state index is 12.1. The number of benzene rings is 1. The molecule has 130 valence electrons. The summed E-state index contributed by atoms with van der Waals surface area (Å²) in [5, 5.41) is 9.84. The molecule has 2 rings (SSSR count). The van der Waals surface area contributed by atoms with Crippen LogP contribution >= 0.6 is 11.8 Å². The predicted molar refractivity (Wildman–Crippen MR) is 98.4 cm³/mol. The van der Waals surface area contributed by atoms with E-state index in [1.54, 1.807) is 11.0 Å². The van der Waals surface area contributed by atoms with E-state index in [1.165, 1.54) is 11.2 Å². The van der Waals surface area contributed by atoms with Crippen molar-refractivity contribution in [2.75, 3.05) is 5.32 Å². The summed E-state index contributed by atoms with van der Waals surface area (Å²) in [5.74, 6) is 0. The van der Waals surface area contributed by atoms with Crippen molar-refractivity contribution in [2.24, 2.45) is 0 Å². The average molecular weight is 347 g/mol. The Labute approximate surface area is 147 Å². The van der Waals surface area contributed by atoms with Crippen molar-refractivity contribution in [3.05, 3.63) is 36.4 Å². The molecule has 0 spiro atoms. The summed E-state index contributed by atoms with van der Waals surface area (Å²) >= 11 is 1.81. The van der Waals surface area contributed by atoms with Crippen LogP contribution in [0.25, 0.3) is 0 Å². The van der Waals surface area contributed by atoms with E-state index in [9.17, 15) is 4.79 Å². The van der Waals surface area contributed by atoms with Crippen molar-refractivity contribution >= 4 is 23.5 Å². The second kappa shape index (κ2) is 7.70. The topological polar surface area (TPSA) is 71.8 Å². The first kappa shape index (κ1) is 18.3. The van der Waals surface area contributed by atoms with Crippen LogP contribution in [0.15, 0.2) is 35.7 Å². The third-order valence-corrected chi connectivity index (χ3v) is 4.28. The molecule has 2 amide bonds. The van der Waals surface area contributed by atoms with Crippen molar-refractivity contribution in [2.45, 2.75) is 56.8 Å². The van der Waals surface area contributed by atoms with E-state index in [0.717, 1.165) is 11.3 Å². The largest absolute Gasteiger partial charge is 0.334 e. The molecular formula is C17H25N5OS. The summed E-state index contributed by atoms with van der Waals surface area (Å²) < 4.78 is 1.85. The monoisotopic (exact) mass is 347 g/mol. The van der Waals surface area contributed by atoms with Gasteiger partial charge in [-0.1, -0.05) is 20.8 Å². The van der Waals surface area contributed by atoms with Gasteiger partial charge < -0.3 is 10.6 Å². The minimum absolute atomic E-state index is 0.0530. The fourth-order valence-electron chi connectivity index (χ4n) is 2.23. The molecule has 1 aromatic carbocycles. The second-order valence-corrected chi connectivity index (χ2v) is 8.71. The Hall–Kier alpha value is -2.02. The van der Waals surface area contributed by atoms with Gasteiger partial charge in [-0.15, -0.1) is 11.8 Å². The van der Waals surface area contributed by atoms with Gasteiger partial charge in [0.1, 0.15) is 12.7 Å². The minimum atomic E-state index is -0.220. The van der Waals surface area contributed by atoms with E-state index in [1.807, 2.05) is 37.7 Å². The van der Waals surface area contributed by atoms with Gasteiger partial charge in [0.25, 0.3) is 0 Å². The molecule has 7 heteroatoms. The number of aromatic nitrogens is 3. The van der Waals surface area contributed by atoms with Gasteiger partial charge in [-0.2, -0.15) is 5.10 Å². The van der Waals surface area contributed by atoms with E-state index < -0.39 is 0 Å². The maximum Gasteiger partial charge on any atom is 0.319 e. The Balaban J connectivity index is 1.91. The van der Waals surface area contributed by atoms with E-state index in [0.29, 0.717) is 6.54 Å². The Kier molecular flexibility index (Phi) is 5.88. The van der Waals surface area contributed by atoms with E-state index in [2.05, 4.69) is 47.6 Å². The third-order valence-electron chi connectivity index (χ3n) is 3.18. The lowest BCUT2D eigenvalue weighted by atomic mass is 10.2. The zero-order valence-electron chi connectivity index (χ0n) is 14.8. The van der Waals surface area contributed by atoms with Crippen LogP contribution in [0.2, 0.25) is 0 Å². The minimum Gasteiger partial charge on any atom is -0.334 e. The first-order valence-corrected chi connectivity index (χ1v) is 8.74. The molecule has 0 aliphatic rings. The van der Waals surface area contributed by atoms with Gasteiger partial charge in [-0.05, 0) is 37.6 Å². The average Bonchev–Trinajstić information content (AvgIpc) is 2.92. The van der Waals surface area contributed by atoms with Crippen molar-refractivity contribution in [3.8, 4) is 0 Å². The summed E-state index contributed by atoms with van der Waals surface area (Å²) in [6, 6.07) is 5.82. The van der Waals surface area contributed by atoms with Crippen molar-refractivity contribution < 1.29 is 4.79 Å². The summed E-state index contributed by atoms with van der Waals surface area (Å²) in [6.45, 7) is 11.1. The lowest BCUT2D eigenvalue weighted by Crippen LogP contribution is -2.38. The molecule has 2 N–H and O–H groups in total. The molecule has 2 aromatic rings. The first-order valence-electron chi connectivity index (χ1n) is 7.92. The lowest BCUT2D eigenvalue weighted by Gasteiger charge is -2.19. The molecule has 1 unspecified atom stereocenters. The van der Waals surface area contributed by atoms with Crippen molar-refractivity contribution in [1.82, 2.24) is 20.1 Å². The van der Waals surface area contributed by atoms with Gasteiger partial charge in [-0.3, -0.25) is 4.68 Å². The number of carbonyl (C=O) groups excluding carboxylic acids is 1. The smallest absolute Gasteiger partial charge is 0.319 e. The van der Waals surface area contributed by atoms with Gasteiger partial charge in [0.15, 0.2) is 0 Å². The fraction of sp³-hybridized carbons (Fsp3) is 0.471. The van der Waals surface area contributed by atoms with Crippen molar-refractivity contribution in [3.63, 3.8) is 0 Å². The highest BCUT2D eigenvalue weighted by atomic mass is 32.2. The summed E-state index contributed by atoms with van der Waals surface area (Å²) in [6.07, 6.45) is 3.11. The number of aryl methyl sites for hydroxylation is 1. The standard InChI is InChI=1S/C17H25N5OS/c1-12-8-14(24-17(3,4)5)6-7-15(12)21-16(23)20-13(2)9-22-11-18-10-19-22/h6-8,10-11,13H,9H2,1-5H3,(H2,20,21,23). The van der Waals surface area contributed by atoms with E-state index in [4.69, 9.17) is 0 Å². The zero-order valence-corrected chi connectivity index (χ0v) is 15.6. The number of hydrogen-bond donors (Lipinski definition) is 2. The molecule has 0 aliphatic carbocycles. The van der Waals surface area contributed by atoms with E-state index in [-0.39, 0.29) is 16.8 Å². The third kappa shape index (κ3) is 5.88. The van der Waals surface area contributed by atoms with Crippen LogP contribution in [-0.2, 0) is 6.54 Å². The summed E-state index contributed by atoms with van der Waals surface area (Å²) in [7, 11) is 0. The highest BCUT2D eigenvalue weighted by molar-refractivity contribution is 8.00. The molecule has 1 heterocycles. The second-order valence-electron chi connectivity index (χ2n) is 6.81. The molecule has 0 aliphatic heterocycles. The molecule has 1 atom stereocenters. The molecule has 1 aromatic heterocycles. The SMILES string of the molecule is Cc1cc(SC(C)(C)C)ccc1NC(=O)NC(C)Cn1cncn1. The number of hydrogen-bond acceptors (Lipinski definition) is 4. The van der Waals surface area contributed by atoms with Crippen LogP contribution < -0.4 is 10.6 Å². The van der Waals surface area contributed by atoms with E-state index >= 15 is 0 Å². The summed E-state index contributed by atoms with van der Waals surface area (Å²) in [4.78, 5) is 17.2. The number of thioether (sulfide) groups is 1. The van der Waals surface area contributed by atoms with Crippen LogP contribution in [-0.4, -0.2) is 31.6 Å². The molecule has 0 bridgehead atoms. The van der Waals surface area contributed by atoms with Crippen LogP contribution in [0.4, 0.5) is 10.5 Å². The normalized spacial score (nSPS) is 12.7. The number of rotatable bonds is 5. The van der Waals surface area contributed by atoms with Crippen LogP contribution in [0, 0.1) is 6.92 Å². The number of urea groups is 1. The first-order chi connectivity index (χ1) is 11.2. The van der Waals surface area contributed by atoms with Crippen molar-refractivity contribution in [1.29, 1.82) is 0 Å². The fourth-order valence-corrected chi connectivity index (χ4v) is 3.31. The zero-order chi connectivity index (χ0) is 17.7. The number of anilines is 1. The molecule has 0 radical (unpaired) electrons. The predicted octanol–water partition coefficient (Wildman–Crippen LogP) is 3.69. The van der Waals surface area contributed by atoms with Gasteiger partial charge in [0, 0.05) is 21.4 Å². The quantitative estimate of drug-likeness (QED) is 0.809. The lowest BCUT2D eigenvalue weighted by molar-refractivity contribution is 0.247. The number of nitrogens with zero attached hydrogens (tertiary/aromatic N) is 3. The van der Waals surface area contributed by atoms with Crippen LogP contribution in [0.3, 0.4) is 0 Å². The molecule has 0 fully saturated rings. The van der Waals surface area contributed by atoms with Gasteiger partial charge >= 0.3 is 6.03 Å². The molecular weight excluding hydrogens is 322 g/mol. The number of carbonyl (C=O) groups is 1. The Morgan fingerprint density at radius 3 is 2.71 bits per heavy atom.